The van der Waals surface area contributed by atoms with Gasteiger partial charge in [0.2, 0.25) is 0 Å². The van der Waals surface area contributed by atoms with Gasteiger partial charge in [-0.1, -0.05) is 0 Å². The van der Waals surface area contributed by atoms with E-state index in [1.54, 1.807) is 18.4 Å². The van der Waals surface area contributed by atoms with Crippen LogP contribution >= 0.6 is 11.8 Å². The number of anilines is 1. The number of hydrogen-bond acceptors (Lipinski definition) is 5. The average Bonchev–Trinajstić information content (AvgIpc) is 2.54. The fourth-order valence-corrected chi connectivity index (χ4v) is 3.60. The first-order chi connectivity index (χ1) is 10.9. The molecule has 0 aliphatic heterocycles. The van der Waals surface area contributed by atoms with E-state index in [1.807, 2.05) is 0 Å². The molecule has 2 N–H and O–H groups in total. The Bertz CT molecular complexity index is 816. The molecule has 0 amide bonds. The maximum Gasteiger partial charge on any atom is 0.335 e. The van der Waals surface area contributed by atoms with Gasteiger partial charge >= 0.3 is 5.97 Å². The smallest absolute Gasteiger partial charge is 0.335 e. The van der Waals surface area contributed by atoms with Crippen LogP contribution in [0.4, 0.5) is 5.69 Å². The summed E-state index contributed by atoms with van der Waals surface area (Å²) >= 11 is 1.26. The minimum absolute atomic E-state index is 0.0904. The number of carbonyl (C=O) groups is 1. The quantitative estimate of drug-likeness (QED) is 0.776. The molecular weight excluding hydrogens is 338 g/mol. The van der Waals surface area contributed by atoms with Crippen molar-refractivity contribution in [3.05, 3.63) is 48.0 Å². The van der Waals surface area contributed by atoms with Gasteiger partial charge < -0.3 is 9.84 Å². The van der Waals surface area contributed by atoms with Crippen molar-refractivity contribution in [2.45, 2.75) is 9.79 Å². The number of benzene rings is 2. The molecule has 2 rings (SSSR count). The highest BCUT2D eigenvalue weighted by atomic mass is 32.2. The SMILES string of the molecule is COc1ccc(S(=O)(=O)Nc2ccc(C(=O)O)cc2SC)cc1. The second-order valence-corrected chi connectivity index (χ2v) is 7.03. The Labute approximate surface area is 138 Å². The summed E-state index contributed by atoms with van der Waals surface area (Å²) < 4.78 is 32.3. The van der Waals surface area contributed by atoms with Crippen LogP contribution in [0.3, 0.4) is 0 Å². The number of nitrogens with one attached hydrogen (secondary N) is 1. The van der Waals surface area contributed by atoms with Gasteiger partial charge in [-0.2, -0.15) is 0 Å². The van der Waals surface area contributed by atoms with Crippen molar-refractivity contribution < 1.29 is 23.1 Å². The molecule has 122 valence electrons. The van der Waals surface area contributed by atoms with Crippen LogP contribution in [0, 0.1) is 0 Å². The third-order valence-corrected chi connectivity index (χ3v) is 5.22. The van der Waals surface area contributed by atoms with Crippen LogP contribution in [-0.4, -0.2) is 32.9 Å². The van der Waals surface area contributed by atoms with Gasteiger partial charge in [-0.15, -0.1) is 11.8 Å². The molecule has 0 aliphatic rings. The molecule has 0 aromatic heterocycles. The van der Waals surface area contributed by atoms with E-state index in [9.17, 15) is 13.2 Å². The standard InChI is InChI=1S/C15H15NO5S2/c1-21-11-4-6-12(7-5-11)23(19,20)16-13-8-3-10(15(17)18)9-14(13)22-2/h3-9,16H,1-2H3,(H,17,18). The van der Waals surface area contributed by atoms with Gasteiger partial charge in [0.1, 0.15) is 5.75 Å². The Hall–Kier alpha value is -2.19. The molecule has 2 aromatic rings. The van der Waals surface area contributed by atoms with Gasteiger partial charge in [0.25, 0.3) is 10.0 Å². The maximum atomic E-state index is 12.4. The summed E-state index contributed by atoms with van der Waals surface area (Å²) in [5, 5.41) is 9.00. The monoisotopic (exact) mass is 353 g/mol. The molecule has 0 saturated heterocycles. The van der Waals surface area contributed by atoms with E-state index >= 15 is 0 Å². The van der Waals surface area contributed by atoms with Crippen LogP contribution in [0.15, 0.2) is 52.3 Å². The van der Waals surface area contributed by atoms with Gasteiger partial charge in [0.15, 0.2) is 0 Å². The van der Waals surface area contributed by atoms with Crippen molar-refractivity contribution in [3.63, 3.8) is 0 Å². The molecule has 8 heteroatoms. The molecule has 0 heterocycles. The third kappa shape index (κ3) is 3.96. The van der Waals surface area contributed by atoms with Crippen LogP contribution in [0.5, 0.6) is 5.75 Å². The first-order valence-corrected chi connectivity index (χ1v) is 9.16. The number of sulfonamides is 1. The van der Waals surface area contributed by atoms with Gasteiger partial charge in [-0.3, -0.25) is 4.72 Å². The van der Waals surface area contributed by atoms with E-state index in [2.05, 4.69) is 4.72 Å². The lowest BCUT2D eigenvalue weighted by Crippen LogP contribution is -2.13. The number of hydrogen-bond donors (Lipinski definition) is 2. The fraction of sp³-hybridized carbons (Fsp3) is 0.133. The summed E-state index contributed by atoms with van der Waals surface area (Å²) in [4.78, 5) is 11.6. The van der Waals surface area contributed by atoms with Gasteiger partial charge in [0.05, 0.1) is 23.3 Å². The number of aromatic carboxylic acids is 1. The summed E-state index contributed by atoms with van der Waals surface area (Å²) in [5.41, 5.74) is 0.431. The predicted octanol–water partition coefficient (Wildman–Crippen LogP) is 2.92. The summed E-state index contributed by atoms with van der Waals surface area (Å²) in [6, 6.07) is 10.2. The molecule has 0 aliphatic carbocycles. The van der Waals surface area contributed by atoms with E-state index in [-0.39, 0.29) is 10.5 Å². The third-order valence-electron chi connectivity index (χ3n) is 3.06. The Balaban J connectivity index is 2.34. The van der Waals surface area contributed by atoms with E-state index < -0.39 is 16.0 Å². The van der Waals surface area contributed by atoms with Gasteiger partial charge in [-0.05, 0) is 48.7 Å². The van der Waals surface area contributed by atoms with E-state index in [1.165, 1.54) is 49.2 Å². The molecule has 23 heavy (non-hydrogen) atoms. The second kappa shape index (κ2) is 6.93. The molecule has 0 bridgehead atoms. The van der Waals surface area contributed by atoms with Crippen LogP contribution in [-0.2, 0) is 10.0 Å². The first-order valence-electron chi connectivity index (χ1n) is 6.45. The van der Waals surface area contributed by atoms with Gasteiger partial charge in [0, 0.05) is 4.90 Å². The summed E-state index contributed by atoms with van der Waals surface area (Å²) in [7, 11) is -2.27. The van der Waals surface area contributed by atoms with Crippen molar-refractivity contribution in [1.82, 2.24) is 0 Å². The first kappa shape index (κ1) is 17.2. The minimum Gasteiger partial charge on any atom is -0.497 e. The van der Waals surface area contributed by atoms with E-state index in [0.29, 0.717) is 16.3 Å². The lowest BCUT2D eigenvalue weighted by Gasteiger charge is -2.12. The number of rotatable bonds is 6. The van der Waals surface area contributed by atoms with Crippen LogP contribution in [0.2, 0.25) is 0 Å². The topological polar surface area (TPSA) is 92.7 Å². The largest absolute Gasteiger partial charge is 0.497 e. The predicted molar refractivity (Wildman–Crippen MR) is 89.0 cm³/mol. The molecular formula is C15H15NO5S2. The molecule has 0 radical (unpaired) electrons. The highest BCUT2D eigenvalue weighted by Gasteiger charge is 2.17. The van der Waals surface area contributed by atoms with Crippen molar-refractivity contribution in [1.29, 1.82) is 0 Å². The van der Waals surface area contributed by atoms with Crippen LogP contribution in [0.1, 0.15) is 10.4 Å². The summed E-state index contributed by atoms with van der Waals surface area (Å²) in [6.45, 7) is 0. The molecule has 2 aromatic carbocycles. The minimum atomic E-state index is -3.77. The lowest BCUT2D eigenvalue weighted by molar-refractivity contribution is 0.0696. The number of carboxylic acids is 1. The summed E-state index contributed by atoms with van der Waals surface area (Å²) in [5.74, 6) is -0.510. The Morgan fingerprint density at radius 2 is 1.83 bits per heavy atom. The number of ether oxygens (including phenoxy) is 1. The highest BCUT2D eigenvalue weighted by Crippen LogP contribution is 2.29. The second-order valence-electron chi connectivity index (χ2n) is 4.50. The molecule has 6 nitrogen and oxygen atoms in total. The van der Waals surface area contributed by atoms with E-state index in [4.69, 9.17) is 9.84 Å². The zero-order valence-corrected chi connectivity index (χ0v) is 14.1. The molecule has 0 fully saturated rings. The molecule has 0 saturated carbocycles. The number of thioether (sulfide) groups is 1. The Morgan fingerprint density at radius 3 is 2.35 bits per heavy atom. The number of methoxy groups -OCH3 is 1. The van der Waals surface area contributed by atoms with Gasteiger partial charge in [-0.25, -0.2) is 13.2 Å². The van der Waals surface area contributed by atoms with Crippen molar-refractivity contribution in [2.24, 2.45) is 0 Å². The summed E-state index contributed by atoms with van der Waals surface area (Å²) in [6.07, 6.45) is 1.74. The molecule has 0 spiro atoms. The Morgan fingerprint density at radius 1 is 1.17 bits per heavy atom. The maximum absolute atomic E-state index is 12.4. The Kier molecular flexibility index (Phi) is 5.17. The van der Waals surface area contributed by atoms with E-state index in [0.717, 1.165) is 0 Å². The van der Waals surface area contributed by atoms with Crippen LogP contribution < -0.4 is 9.46 Å². The lowest BCUT2D eigenvalue weighted by atomic mass is 10.2. The van der Waals surface area contributed by atoms with Crippen molar-refractivity contribution in [3.8, 4) is 5.75 Å². The van der Waals surface area contributed by atoms with Crippen LogP contribution in [0.25, 0.3) is 0 Å². The molecule has 0 unspecified atom stereocenters. The number of carboxylic acid groups (broad SMARTS) is 1. The highest BCUT2D eigenvalue weighted by molar-refractivity contribution is 7.99. The molecule has 0 atom stereocenters. The zero-order valence-electron chi connectivity index (χ0n) is 12.4. The van der Waals surface area contributed by atoms with Crippen molar-refractivity contribution in [2.75, 3.05) is 18.1 Å². The normalized spacial score (nSPS) is 11.0. The fourth-order valence-electron chi connectivity index (χ4n) is 1.87. The van der Waals surface area contributed by atoms with Crippen molar-refractivity contribution >= 4 is 33.4 Å². The average molecular weight is 353 g/mol. The zero-order chi connectivity index (χ0) is 17.0.